The molecule has 4 nitrogen and oxygen atoms in total. The Hall–Kier alpha value is -1.53. The van der Waals surface area contributed by atoms with Gasteiger partial charge in [0.2, 0.25) is 0 Å². The number of halogens is 1. The number of carbonyl (C=O) groups is 1. The van der Waals surface area contributed by atoms with Crippen LogP contribution in [0.1, 0.15) is 10.4 Å². The molecule has 0 fully saturated rings. The molecule has 0 saturated heterocycles. The Morgan fingerprint density at radius 3 is 2.89 bits per heavy atom. The minimum absolute atomic E-state index is 0.415. The van der Waals surface area contributed by atoms with Crippen molar-refractivity contribution in [3.8, 4) is 0 Å². The van der Waals surface area contributed by atoms with Crippen LogP contribution in [0.2, 0.25) is 0 Å². The molecular weight excluding hydrogens is 328 g/mol. The van der Waals surface area contributed by atoms with Gasteiger partial charge in [-0.05, 0) is 46.3 Å². The van der Waals surface area contributed by atoms with Crippen molar-refractivity contribution in [3.63, 3.8) is 0 Å². The number of pyridine rings is 1. The summed E-state index contributed by atoms with van der Waals surface area (Å²) in [7, 11) is 1.34. The SMILES string of the molecule is COC(=O)c1cc(N)ccc1Sc1ncccc1Br. The van der Waals surface area contributed by atoms with E-state index in [9.17, 15) is 4.79 Å². The highest BCUT2D eigenvalue weighted by Gasteiger charge is 2.14. The molecule has 2 N–H and O–H groups in total. The summed E-state index contributed by atoms with van der Waals surface area (Å²) in [6, 6.07) is 8.85. The first-order valence-corrected chi connectivity index (χ1v) is 6.99. The standard InChI is InChI=1S/C13H11BrN2O2S/c1-18-13(17)9-7-8(15)4-5-11(9)19-12-10(14)3-2-6-16-12/h2-7H,15H2,1H3. The molecule has 0 spiro atoms. The molecule has 0 unspecified atom stereocenters. The number of hydrogen-bond donors (Lipinski definition) is 1. The molecule has 0 atom stereocenters. The molecule has 98 valence electrons. The van der Waals surface area contributed by atoms with E-state index in [1.807, 2.05) is 12.1 Å². The first-order valence-electron chi connectivity index (χ1n) is 5.38. The molecule has 0 saturated carbocycles. The highest BCUT2D eigenvalue weighted by molar-refractivity contribution is 9.10. The zero-order chi connectivity index (χ0) is 13.8. The third-order valence-corrected chi connectivity index (χ3v) is 4.34. The lowest BCUT2D eigenvalue weighted by Gasteiger charge is -2.08. The lowest BCUT2D eigenvalue weighted by molar-refractivity contribution is 0.0597. The highest BCUT2D eigenvalue weighted by atomic mass is 79.9. The van der Waals surface area contributed by atoms with Crippen LogP contribution < -0.4 is 5.73 Å². The zero-order valence-electron chi connectivity index (χ0n) is 10.1. The Morgan fingerprint density at radius 2 is 2.21 bits per heavy atom. The quantitative estimate of drug-likeness (QED) is 0.686. The van der Waals surface area contributed by atoms with Crippen molar-refractivity contribution >= 4 is 39.3 Å². The third kappa shape index (κ3) is 3.27. The normalized spacial score (nSPS) is 10.2. The molecule has 0 amide bonds. The second-order valence-corrected chi connectivity index (χ2v) is 5.52. The van der Waals surface area contributed by atoms with Crippen molar-refractivity contribution in [2.45, 2.75) is 9.92 Å². The van der Waals surface area contributed by atoms with Gasteiger partial charge in [-0.1, -0.05) is 11.8 Å². The number of benzene rings is 1. The maximum absolute atomic E-state index is 11.7. The molecule has 1 heterocycles. The molecule has 6 heteroatoms. The van der Waals surface area contributed by atoms with Gasteiger partial charge in [0, 0.05) is 16.8 Å². The van der Waals surface area contributed by atoms with Crippen molar-refractivity contribution in [2.24, 2.45) is 0 Å². The predicted octanol–water partition coefficient (Wildman–Crippen LogP) is 3.36. The van der Waals surface area contributed by atoms with Gasteiger partial charge in [0.25, 0.3) is 0 Å². The smallest absolute Gasteiger partial charge is 0.339 e. The largest absolute Gasteiger partial charge is 0.465 e. The van der Waals surface area contributed by atoms with Gasteiger partial charge in [0.05, 0.1) is 17.1 Å². The number of nitrogens with zero attached hydrogens (tertiary/aromatic N) is 1. The van der Waals surface area contributed by atoms with Crippen LogP contribution in [0.15, 0.2) is 50.9 Å². The van der Waals surface area contributed by atoms with Gasteiger partial charge in [-0.3, -0.25) is 0 Å². The Bertz CT molecular complexity index is 619. The van der Waals surface area contributed by atoms with Gasteiger partial charge < -0.3 is 10.5 Å². The van der Waals surface area contributed by atoms with E-state index in [0.717, 1.165) is 14.4 Å². The van der Waals surface area contributed by atoms with Gasteiger partial charge in [-0.15, -0.1) is 0 Å². The van der Waals surface area contributed by atoms with Crippen LogP contribution >= 0.6 is 27.7 Å². The fourth-order valence-corrected chi connectivity index (χ4v) is 2.83. The van der Waals surface area contributed by atoms with Crippen molar-refractivity contribution in [1.82, 2.24) is 4.98 Å². The molecular formula is C13H11BrN2O2S. The van der Waals surface area contributed by atoms with E-state index in [4.69, 9.17) is 10.5 Å². The van der Waals surface area contributed by atoms with E-state index in [1.165, 1.54) is 18.9 Å². The van der Waals surface area contributed by atoms with E-state index < -0.39 is 5.97 Å². The number of ether oxygens (including phenoxy) is 1. The number of anilines is 1. The Kier molecular flexibility index (Phi) is 4.44. The van der Waals surface area contributed by atoms with Crippen LogP contribution in [0, 0.1) is 0 Å². The minimum atomic E-state index is -0.415. The maximum atomic E-state index is 11.7. The average Bonchev–Trinajstić information content (AvgIpc) is 2.42. The first kappa shape index (κ1) is 13.9. The number of nitrogen functional groups attached to an aromatic ring is 1. The molecule has 19 heavy (non-hydrogen) atoms. The summed E-state index contributed by atoms with van der Waals surface area (Å²) in [5.41, 5.74) is 6.65. The average molecular weight is 339 g/mol. The highest BCUT2D eigenvalue weighted by Crippen LogP contribution is 2.34. The molecule has 2 rings (SSSR count). The molecule has 0 bridgehead atoms. The van der Waals surface area contributed by atoms with Crippen molar-refractivity contribution < 1.29 is 9.53 Å². The van der Waals surface area contributed by atoms with E-state index >= 15 is 0 Å². The molecule has 0 radical (unpaired) electrons. The summed E-state index contributed by atoms with van der Waals surface area (Å²) < 4.78 is 5.63. The van der Waals surface area contributed by atoms with E-state index in [-0.39, 0.29) is 0 Å². The monoisotopic (exact) mass is 338 g/mol. The minimum Gasteiger partial charge on any atom is -0.465 e. The van der Waals surface area contributed by atoms with Crippen LogP contribution in [-0.4, -0.2) is 18.1 Å². The summed E-state index contributed by atoms with van der Waals surface area (Å²) >= 11 is 4.80. The number of carbonyl (C=O) groups excluding carboxylic acids is 1. The van der Waals surface area contributed by atoms with Gasteiger partial charge in [-0.25, -0.2) is 9.78 Å². The Labute approximate surface area is 123 Å². The van der Waals surface area contributed by atoms with Crippen LogP contribution in [0.5, 0.6) is 0 Å². The Balaban J connectivity index is 2.40. The van der Waals surface area contributed by atoms with Gasteiger partial charge in [0.1, 0.15) is 5.03 Å². The van der Waals surface area contributed by atoms with Gasteiger partial charge >= 0.3 is 5.97 Å². The number of nitrogens with two attached hydrogens (primary N) is 1. The topological polar surface area (TPSA) is 65.2 Å². The van der Waals surface area contributed by atoms with E-state index in [1.54, 1.807) is 24.4 Å². The summed E-state index contributed by atoms with van der Waals surface area (Å²) in [4.78, 5) is 16.7. The third-order valence-electron chi connectivity index (χ3n) is 2.34. The number of aromatic nitrogens is 1. The lowest BCUT2D eigenvalue weighted by atomic mass is 10.2. The number of rotatable bonds is 3. The van der Waals surface area contributed by atoms with Crippen LogP contribution in [0.4, 0.5) is 5.69 Å². The fraction of sp³-hybridized carbons (Fsp3) is 0.0769. The number of esters is 1. The lowest BCUT2D eigenvalue weighted by Crippen LogP contribution is -2.04. The van der Waals surface area contributed by atoms with Crippen LogP contribution in [0.3, 0.4) is 0 Å². The summed E-state index contributed by atoms with van der Waals surface area (Å²) in [5.74, 6) is -0.415. The number of methoxy groups -OCH3 is 1. The van der Waals surface area contributed by atoms with Gasteiger partial charge in [0.15, 0.2) is 0 Å². The van der Waals surface area contributed by atoms with Crippen LogP contribution in [0.25, 0.3) is 0 Å². The first-order chi connectivity index (χ1) is 9.11. The molecule has 0 aliphatic rings. The second-order valence-electron chi connectivity index (χ2n) is 3.64. The summed E-state index contributed by atoms with van der Waals surface area (Å²) in [5, 5.41) is 0.775. The number of hydrogen-bond acceptors (Lipinski definition) is 5. The summed E-state index contributed by atoms with van der Waals surface area (Å²) in [6.07, 6.45) is 1.70. The molecule has 1 aromatic carbocycles. The van der Waals surface area contributed by atoms with E-state index in [2.05, 4.69) is 20.9 Å². The predicted molar refractivity (Wildman–Crippen MR) is 78.3 cm³/mol. The second kappa shape index (κ2) is 6.08. The molecule has 0 aliphatic carbocycles. The van der Waals surface area contributed by atoms with Crippen molar-refractivity contribution in [3.05, 3.63) is 46.6 Å². The van der Waals surface area contributed by atoms with Crippen LogP contribution in [-0.2, 0) is 4.74 Å². The maximum Gasteiger partial charge on any atom is 0.339 e. The van der Waals surface area contributed by atoms with Crippen molar-refractivity contribution in [2.75, 3.05) is 12.8 Å². The molecule has 1 aromatic heterocycles. The fourth-order valence-electron chi connectivity index (χ4n) is 1.46. The van der Waals surface area contributed by atoms with Gasteiger partial charge in [-0.2, -0.15) is 0 Å². The zero-order valence-corrected chi connectivity index (χ0v) is 12.5. The molecule has 2 aromatic rings. The summed E-state index contributed by atoms with van der Waals surface area (Å²) in [6.45, 7) is 0. The van der Waals surface area contributed by atoms with Crippen molar-refractivity contribution in [1.29, 1.82) is 0 Å². The molecule has 0 aliphatic heterocycles. The van der Waals surface area contributed by atoms with E-state index in [0.29, 0.717) is 11.3 Å². The Morgan fingerprint density at radius 1 is 1.42 bits per heavy atom.